The van der Waals surface area contributed by atoms with Gasteiger partial charge >= 0.3 is 0 Å². The van der Waals surface area contributed by atoms with Crippen molar-refractivity contribution in [3.05, 3.63) is 41.3 Å². The van der Waals surface area contributed by atoms with Crippen LogP contribution in [0, 0.1) is 5.92 Å². The first kappa shape index (κ1) is 17.4. The lowest BCUT2D eigenvalue weighted by Gasteiger charge is -2.19. The SMILES string of the molecule is CCC(C)CN(C)C(=O)c1cc2c(-c3ccccc3)nc(N)nc2s1. The summed E-state index contributed by atoms with van der Waals surface area (Å²) in [4.78, 5) is 24.7. The summed E-state index contributed by atoms with van der Waals surface area (Å²) in [7, 11) is 1.84. The van der Waals surface area contributed by atoms with Gasteiger partial charge in [0.25, 0.3) is 5.91 Å². The van der Waals surface area contributed by atoms with E-state index in [2.05, 4.69) is 23.8 Å². The lowest BCUT2D eigenvalue weighted by molar-refractivity contribution is 0.0780. The molecule has 1 aromatic carbocycles. The van der Waals surface area contributed by atoms with E-state index in [1.165, 1.54) is 11.3 Å². The maximum Gasteiger partial charge on any atom is 0.263 e. The van der Waals surface area contributed by atoms with Gasteiger partial charge in [-0.25, -0.2) is 9.97 Å². The molecular weight excluding hydrogens is 332 g/mol. The third kappa shape index (κ3) is 3.64. The Labute approximate surface area is 151 Å². The predicted octanol–water partition coefficient (Wildman–Crippen LogP) is 4.06. The Morgan fingerprint density at radius 3 is 2.68 bits per heavy atom. The van der Waals surface area contributed by atoms with Crippen molar-refractivity contribution in [2.45, 2.75) is 20.3 Å². The lowest BCUT2D eigenvalue weighted by Crippen LogP contribution is -2.30. The van der Waals surface area contributed by atoms with Crippen molar-refractivity contribution >= 4 is 33.4 Å². The lowest BCUT2D eigenvalue weighted by atomic mass is 10.1. The van der Waals surface area contributed by atoms with Gasteiger partial charge in [0.2, 0.25) is 5.95 Å². The molecular formula is C19H22N4OS. The molecule has 5 nitrogen and oxygen atoms in total. The van der Waals surface area contributed by atoms with Gasteiger partial charge in [-0.05, 0) is 12.0 Å². The molecule has 1 unspecified atom stereocenters. The van der Waals surface area contributed by atoms with Crippen molar-refractivity contribution in [2.24, 2.45) is 5.92 Å². The molecule has 0 radical (unpaired) electrons. The van der Waals surface area contributed by atoms with Gasteiger partial charge in [-0.1, -0.05) is 50.6 Å². The number of fused-ring (bicyclic) bond motifs is 1. The molecule has 2 N–H and O–H groups in total. The van der Waals surface area contributed by atoms with Gasteiger partial charge in [0.05, 0.1) is 10.6 Å². The maximum atomic E-state index is 12.8. The van der Waals surface area contributed by atoms with Gasteiger partial charge in [0.15, 0.2) is 0 Å². The van der Waals surface area contributed by atoms with E-state index in [1.807, 2.05) is 43.4 Å². The van der Waals surface area contributed by atoms with Crippen LogP contribution in [0.4, 0.5) is 5.95 Å². The van der Waals surface area contributed by atoms with Crippen LogP contribution in [0.3, 0.4) is 0 Å². The molecule has 6 heteroatoms. The smallest absolute Gasteiger partial charge is 0.263 e. The van der Waals surface area contributed by atoms with Crippen molar-refractivity contribution in [3.8, 4) is 11.3 Å². The highest BCUT2D eigenvalue weighted by Gasteiger charge is 2.19. The third-order valence-electron chi connectivity index (χ3n) is 4.30. The molecule has 1 atom stereocenters. The zero-order chi connectivity index (χ0) is 18.0. The number of benzene rings is 1. The summed E-state index contributed by atoms with van der Waals surface area (Å²) in [6.07, 6.45) is 1.05. The van der Waals surface area contributed by atoms with E-state index in [-0.39, 0.29) is 11.9 Å². The number of aromatic nitrogens is 2. The van der Waals surface area contributed by atoms with Crippen LogP contribution in [-0.4, -0.2) is 34.4 Å². The normalized spacial score (nSPS) is 12.3. The number of rotatable bonds is 5. The number of thiophene rings is 1. The summed E-state index contributed by atoms with van der Waals surface area (Å²) in [5.74, 6) is 0.708. The van der Waals surface area contributed by atoms with Crippen LogP contribution in [0.15, 0.2) is 36.4 Å². The molecule has 3 aromatic rings. The van der Waals surface area contributed by atoms with Crippen LogP contribution in [0.1, 0.15) is 29.9 Å². The Morgan fingerprint density at radius 2 is 2.00 bits per heavy atom. The molecule has 0 saturated carbocycles. The Morgan fingerprint density at radius 1 is 1.28 bits per heavy atom. The fraction of sp³-hybridized carbons (Fsp3) is 0.316. The number of anilines is 1. The Bertz CT molecular complexity index is 891. The Kier molecular flexibility index (Phi) is 4.99. The highest BCUT2D eigenvalue weighted by molar-refractivity contribution is 7.20. The number of nitrogens with two attached hydrogens (primary N) is 1. The molecule has 25 heavy (non-hydrogen) atoms. The second-order valence-corrected chi connectivity index (χ2v) is 7.36. The van der Waals surface area contributed by atoms with E-state index in [0.717, 1.165) is 34.4 Å². The molecule has 1 amide bonds. The molecule has 0 aliphatic heterocycles. The molecule has 0 spiro atoms. The fourth-order valence-corrected chi connectivity index (χ4v) is 3.76. The van der Waals surface area contributed by atoms with Gasteiger partial charge in [0.1, 0.15) is 4.83 Å². The fourth-order valence-electron chi connectivity index (χ4n) is 2.73. The van der Waals surface area contributed by atoms with E-state index in [1.54, 1.807) is 4.90 Å². The van der Waals surface area contributed by atoms with E-state index in [0.29, 0.717) is 10.8 Å². The molecule has 2 heterocycles. The number of nitrogens with zero attached hydrogens (tertiary/aromatic N) is 3. The minimum atomic E-state index is 0.0147. The molecule has 3 rings (SSSR count). The van der Waals surface area contributed by atoms with Crippen molar-refractivity contribution in [3.63, 3.8) is 0 Å². The van der Waals surface area contributed by atoms with Crippen LogP contribution in [-0.2, 0) is 0 Å². The van der Waals surface area contributed by atoms with E-state index in [9.17, 15) is 4.79 Å². The summed E-state index contributed by atoms with van der Waals surface area (Å²) in [5, 5.41) is 0.866. The van der Waals surface area contributed by atoms with Gasteiger partial charge in [-0.2, -0.15) is 0 Å². The van der Waals surface area contributed by atoms with Gasteiger partial charge in [0, 0.05) is 24.5 Å². The van der Waals surface area contributed by atoms with E-state index < -0.39 is 0 Å². The summed E-state index contributed by atoms with van der Waals surface area (Å²) in [5.41, 5.74) is 7.61. The summed E-state index contributed by atoms with van der Waals surface area (Å²) in [6, 6.07) is 11.7. The minimum Gasteiger partial charge on any atom is -0.368 e. The second kappa shape index (κ2) is 7.19. The van der Waals surface area contributed by atoms with Crippen LogP contribution >= 0.6 is 11.3 Å². The predicted molar refractivity (Wildman–Crippen MR) is 104 cm³/mol. The summed E-state index contributed by atoms with van der Waals surface area (Å²) < 4.78 is 0. The molecule has 0 aliphatic carbocycles. The van der Waals surface area contributed by atoms with Crippen LogP contribution in [0.25, 0.3) is 21.5 Å². The van der Waals surface area contributed by atoms with Crippen molar-refractivity contribution in [1.82, 2.24) is 14.9 Å². The van der Waals surface area contributed by atoms with Gasteiger partial charge in [-0.3, -0.25) is 4.79 Å². The second-order valence-electron chi connectivity index (χ2n) is 6.33. The Hall–Kier alpha value is -2.47. The molecule has 130 valence electrons. The molecule has 0 saturated heterocycles. The first-order valence-electron chi connectivity index (χ1n) is 8.37. The average molecular weight is 354 g/mol. The number of amides is 1. The van der Waals surface area contributed by atoms with Crippen LogP contribution in [0.5, 0.6) is 0 Å². The zero-order valence-corrected chi connectivity index (χ0v) is 15.5. The van der Waals surface area contributed by atoms with Gasteiger partial charge in [-0.15, -0.1) is 11.3 Å². The van der Waals surface area contributed by atoms with E-state index in [4.69, 9.17) is 5.73 Å². The molecule has 2 aromatic heterocycles. The number of carbonyl (C=O) groups excluding carboxylic acids is 1. The van der Waals surface area contributed by atoms with Crippen LogP contribution < -0.4 is 5.73 Å². The number of hydrogen-bond donors (Lipinski definition) is 1. The first-order chi connectivity index (χ1) is 12.0. The number of carbonyl (C=O) groups is 1. The average Bonchev–Trinajstić information content (AvgIpc) is 3.04. The number of nitrogen functional groups attached to an aromatic ring is 1. The number of hydrogen-bond acceptors (Lipinski definition) is 5. The maximum absolute atomic E-state index is 12.8. The molecule has 0 aliphatic rings. The monoisotopic (exact) mass is 354 g/mol. The summed E-state index contributed by atoms with van der Waals surface area (Å²) in [6.45, 7) is 5.02. The topological polar surface area (TPSA) is 72.1 Å². The molecule has 0 fully saturated rings. The highest BCUT2D eigenvalue weighted by Crippen LogP contribution is 2.33. The van der Waals surface area contributed by atoms with Crippen molar-refractivity contribution < 1.29 is 4.79 Å². The first-order valence-corrected chi connectivity index (χ1v) is 9.19. The molecule has 0 bridgehead atoms. The van der Waals surface area contributed by atoms with Crippen molar-refractivity contribution in [2.75, 3.05) is 19.3 Å². The van der Waals surface area contributed by atoms with Gasteiger partial charge < -0.3 is 10.6 Å². The largest absolute Gasteiger partial charge is 0.368 e. The minimum absolute atomic E-state index is 0.0147. The van der Waals surface area contributed by atoms with E-state index >= 15 is 0 Å². The quantitative estimate of drug-likeness (QED) is 0.750. The Balaban J connectivity index is 2.01. The third-order valence-corrected chi connectivity index (χ3v) is 5.31. The zero-order valence-electron chi connectivity index (χ0n) is 14.7. The standard InChI is InChI=1S/C19H22N4OS/c1-4-12(2)11-23(3)18(24)15-10-14-16(13-8-6-5-7-9-13)21-19(20)22-17(14)25-15/h5-10,12H,4,11H2,1-3H3,(H2,20,21,22). The highest BCUT2D eigenvalue weighted by atomic mass is 32.1. The summed E-state index contributed by atoms with van der Waals surface area (Å²) >= 11 is 1.37. The van der Waals surface area contributed by atoms with Crippen LogP contribution in [0.2, 0.25) is 0 Å². The van der Waals surface area contributed by atoms with Crippen molar-refractivity contribution in [1.29, 1.82) is 0 Å².